The number of esters is 1. The van der Waals surface area contributed by atoms with E-state index in [0.717, 1.165) is 31.0 Å². The van der Waals surface area contributed by atoms with E-state index in [9.17, 15) is 4.79 Å². The molecule has 3 heteroatoms. The van der Waals surface area contributed by atoms with Crippen LogP contribution in [-0.4, -0.2) is 17.4 Å². The van der Waals surface area contributed by atoms with Crippen molar-refractivity contribution in [2.75, 3.05) is 5.33 Å². The van der Waals surface area contributed by atoms with Crippen molar-refractivity contribution in [2.24, 2.45) is 0 Å². The van der Waals surface area contributed by atoms with Crippen LogP contribution < -0.4 is 0 Å². The van der Waals surface area contributed by atoms with Crippen LogP contribution in [0.3, 0.4) is 0 Å². The fourth-order valence-corrected chi connectivity index (χ4v) is 1.49. The van der Waals surface area contributed by atoms with Gasteiger partial charge in [0.05, 0.1) is 0 Å². The molecule has 0 N–H and O–H groups in total. The first-order valence-corrected chi connectivity index (χ1v) is 5.70. The highest BCUT2D eigenvalue weighted by Gasteiger charge is 2.20. The lowest BCUT2D eigenvalue weighted by Gasteiger charge is -2.25. The third-order valence-electron chi connectivity index (χ3n) is 2.11. The maximum Gasteiger partial charge on any atom is 0.306 e. The number of unbranched alkanes of at least 4 members (excludes halogenated alkanes) is 1. The van der Waals surface area contributed by atoms with Gasteiger partial charge >= 0.3 is 5.97 Å². The van der Waals surface area contributed by atoms with Crippen LogP contribution in [0.4, 0.5) is 0 Å². The van der Waals surface area contributed by atoms with Crippen LogP contribution in [-0.2, 0) is 9.53 Å². The molecule has 1 saturated carbocycles. The molecule has 0 aromatic carbocycles. The molecular formula is C9H15BrO2. The molecule has 0 heterocycles. The Balaban J connectivity index is 1.95. The van der Waals surface area contributed by atoms with E-state index in [1.807, 2.05) is 0 Å². The quantitative estimate of drug-likeness (QED) is 0.416. The van der Waals surface area contributed by atoms with Crippen molar-refractivity contribution in [1.82, 2.24) is 0 Å². The lowest BCUT2D eigenvalue weighted by molar-refractivity contribution is -0.153. The van der Waals surface area contributed by atoms with E-state index in [1.165, 1.54) is 6.42 Å². The molecule has 0 saturated heterocycles. The van der Waals surface area contributed by atoms with Crippen molar-refractivity contribution in [3.8, 4) is 0 Å². The van der Waals surface area contributed by atoms with Gasteiger partial charge in [0.2, 0.25) is 0 Å². The summed E-state index contributed by atoms with van der Waals surface area (Å²) >= 11 is 3.32. The Labute approximate surface area is 81.8 Å². The molecule has 0 atom stereocenters. The summed E-state index contributed by atoms with van der Waals surface area (Å²) in [5.41, 5.74) is 0. The van der Waals surface area contributed by atoms with E-state index in [-0.39, 0.29) is 12.1 Å². The second kappa shape index (κ2) is 5.57. The minimum Gasteiger partial charge on any atom is -0.462 e. The Kier molecular flexibility index (Phi) is 4.66. The summed E-state index contributed by atoms with van der Waals surface area (Å²) < 4.78 is 5.18. The van der Waals surface area contributed by atoms with Crippen LogP contribution in [0.2, 0.25) is 0 Å². The van der Waals surface area contributed by atoms with E-state index < -0.39 is 0 Å². The molecule has 1 aliphatic rings. The van der Waals surface area contributed by atoms with Crippen molar-refractivity contribution in [3.05, 3.63) is 0 Å². The molecule has 0 unspecified atom stereocenters. The van der Waals surface area contributed by atoms with Gasteiger partial charge in [-0.05, 0) is 32.1 Å². The maximum atomic E-state index is 11.1. The van der Waals surface area contributed by atoms with Crippen LogP contribution in [0.15, 0.2) is 0 Å². The number of hydrogen-bond acceptors (Lipinski definition) is 2. The van der Waals surface area contributed by atoms with Crippen LogP contribution >= 0.6 is 15.9 Å². The fraction of sp³-hybridized carbons (Fsp3) is 0.889. The molecule has 0 aromatic rings. The highest BCUT2D eigenvalue weighted by molar-refractivity contribution is 9.09. The van der Waals surface area contributed by atoms with Crippen LogP contribution in [0.25, 0.3) is 0 Å². The van der Waals surface area contributed by atoms with Crippen molar-refractivity contribution >= 4 is 21.9 Å². The van der Waals surface area contributed by atoms with Gasteiger partial charge in [0, 0.05) is 11.8 Å². The molecule has 1 fully saturated rings. The number of ether oxygens (including phenoxy) is 1. The number of carbonyl (C=O) groups excluding carboxylic acids is 1. The van der Waals surface area contributed by atoms with Crippen LogP contribution in [0, 0.1) is 0 Å². The molecule has 1 rings (SSSR count). The zero-order chi connectivity index (χ0) is 8.81. The van der Waals surface area contributed by atoms with Crippen molar-refractivity contribution in [2.45, 2.75) is 44.6 Å². The van der Waals surface area contributed by atoms with Gasteiger partial charge in [0.15, 0.2) is 0 Å². The minimum atomic E-state index is -0.0133. The molecular weight excluding hydrogens is 220 g/mol. The summed E-state index contributed by atoms with van der Waals surface area (Å²) in [5.74, 6) is -0.0133. The van der Waals surface area contributed by atoms with Gasteiger partial charge in [-0.1, -0.05) is 15.9 Å². The minimum absolute atomic E-state index is 0.0133. The summed E-state index contributed by atoms with van der Waals surface area (Å²) in [7, 11) is 0. The molecule has 2 nitrogen and oxygen atoms in total. The largest absolute Gasteiger partial charge is 0.462 e. The smallest absolute Gasteiger partial charge is 0.306 e. The number of halogens is 1. The first-order chi connectivity index (χ1) is 5.83. The molecule has 70 valence electrons. The second-order valence-electron chi connectivity index (χ2n) is 3.19. The van der Waals surface area contributed by atoms with Gasteiger partial charge in [-0.3, -0.25) is 4.79 Å². The number of carbonyl (C=O) groups is 1. The zero-order valence-corrected chi connectivity index (χ0v) is 8.81. The molecule has 0 aliphatic heterocycles. The second-order valence-corrected chi connectivity index (χ2v) is 3.98. The molecule has 0 amide bonds. The first-order valence-electron chi connectivity index (χ1n) is 4.58. The lowest BCUT2D eigenvalue weighted by Crippen LogP contribution is -2.24. The first kappa shape index (κ1) is 10.0. The molecule has 0 spiro atoms. The van der Waals surface area contributed by atoms with Crippen LogP contribution in [0.1, 0.15) is 38.5 Å². The third kappa shape index (κ3) is 3.57. The Bertz CT molecular complexity index is 143. The Morgan fingerprint density at radius 3 is 2.67 bits per heavy atom. The van der Waals surface area contributed by atoms with Crippen LogP contribution in [0.5, 0.6) is 0 Å². The number of rotatable bonds is 5. The Morgan fingerprint density at radius 2 is 2.17 bits per heavy atom. The lowest BCUT2D eigenvalue weighted by atomic mass is 9.96. The average molecular weight is 235 g/mol. The highest BCUT2D eigenvalue weighted by Crippen LogP contribution is 2.22. The predicted molar refractivity (Wildman–Crippen MR) is 51.4 cm³/mol. The van der Waals surface area contributed by atoms with Gasteiger partial charge in [-0.25, -0.2) is 0 Å². The number of alkyl halides is 1. The van der Waals surface area contributed by atoms with Gasteiger partial charge in [-0.15, -0.1) is 0 Å². The summed E-state index contributed by atoms with van der Waals surface area (Å²) in [4.78, 5) is 11.1. The SMILES string of the molecule is O=C(CCCCBr)OC1CCC1. The van der Waals surface area contributed by atoms with Crippen molar-refractivity contribution < 1.29 is 9.53 Å². The fourth-order valence-electron chi connectivity index (χ4n) is 1.10. The molecule has 0 radical (unpaired) electrons. The van der Waals surface area contributed by atoms with Gasteiger partial charge in [0.25, 0.3) is 0 Å². The predicted octanol–water partition coefficient (Wildman–Crippen LogP) is 2.65. The van der Waals surface area contributed by atoms with E-state index in [4.69, 9.17) is 4.74 Å². The highest BCUT2D eigenvalue weighted by atomic mass is 79.9. The Morgan fingerprint density at radius 1 is 1.42 bits per heavy atom. The summed E-state index contributed by atoms with van der Waals surface area (Å²) in [6, 6.07) is 0. The van der Waals surface area contributed by atoms with Gasteiger partial charge < -0.3 is 4.74 Å². The summed E-state index contributed by atoms with van der Waals surface area (Å²) in [6.45, 7) is 0. The zero-order valence-electron chi connectivity index (χ0n) is 7.22. The average Bonchev–Trinajstić information content (AvgIpc) is 1.98. The van der Waals surface area contributed by atoms with Gasteiger partial charge in [0.1, 0.15) is 6.10 Å². The van der Waals surface area contributed by atoms with Gasteiger partial charge in [-0.2, -0.15) is 0 Å². The maximum absolute atomic E-state index is 11.1. The van der Waals surface area contributed by atoms with E-state index in [2.05, 4.69) is 15.9 Å². The Hall–Kier alpha value is -0.0500. The summed E-state index contributed by atoms with van der Waals surface area (Å²) in [5, 5.41) is 0.976. The van der Waals surface area contributed by atoms with E-state index >= 15 is 0 Å². The topological polar surface area (TPSA) is 26.3 Å². The molecule has 0 aromatic heterocycles. The van der Waals surface area contributed by atoms with E-state index in [1.54, 1.807) is 0 Å². The van der Waals surface area contributed by atoms with Crippen molar-refractivity contribution in [3.63, 3.8) is 0 Å². The standard InChI is InChI=1S/C9H15BrO2/c10-7-2-1-6-9(11)12-8-4-3-5-8/h8H,1-7H2. The monoisotopic (exact) mass is 234 g/mol. The molecule has 12 heavy (non-hydrogen) atoms. The number of hydrogen-bond donors (Lipinski definition) is 0. The normalized spacial score (nSPS) is 17.1. The molecule has 1 aliphatic carbocycles. The van der Waals surface area contributed by atoms with E-state index in [0.29, 0.717) is 6.42 Å². The third-order valence-corrected chi connectivity index (χ3v) is 2.68. The molecule has 0 bridgehead atoms. The van der Waals surface area contributed by atoms with Crippen molar-refractivity contribution in [1.29, 1.82) is 0 Å². The summed E-state index contributed by atoms with van der Waals surface area (Å²) in [6.07, 6.45) is 6.20.